The van der Waals surface area contributed by atoms with Crippen LogP contribution in [0.1, 0.15) is 36.2 Å². The van der Waals surface area contributed by atoms with E-state index in [4.69, 9.17) is 0 Å². The number of hydrogen-bond acceptors (Lipinski definition) is 3. The lowest BCUT2D eigenvalue weighted by atomic mass is 10.1. The van der Waals surface area contributed by atoms with Crippen molar-refractivity contribution in [1.29, 1.82) is 0 Å². The Bertz CT molecular complexity index is 471. The van der Waals surface area contributed by atoms with Gasteiger partial charge in [0.2, 0.25) is 5.91 Å². The summed E-state index contributed by atoms with van der Waals surface area (Å²) in [6.07, 6.45) is 0.998. The average molecular weight is 291 g/mol. The number of benzene rings is 1. The first-order chi connectivity index (χ1) is 9.97. The van der Waals surface area contributed by atoms with Crippen LogP contribution < -0.4 is 10.6 Å². The molecule has 1 aromatic carbocycles. The van der Waals surface area contributed by atoms with Gasteiger partial charge in [-0.2, -0.15) is 0 Å². The predicted molar refractivity (Wildman–Crippen MR) is 84.1 cm³/mol. The minimum absolute atomic E-state index is 0.0608. The summed E-state index contributed by atoms with van der Waals surface area (Å²) in [4.78, 5) is 25.1. The van der Waals surface area contributed by atoms with Crippen molar-refractivity contribution in [3.63, 3.8) is 0 Å². The van der Waals surface area contributed by atoms with Gasteiger partial charge in [0, 0.05) is 32.2 Å². The number of rotatable bonds is 7. The number of nitrogens with one attached hydrogen (secondary N) is 2. The molecule has 1 atom stereocenters. The Balaban J connectivity index is 2.52. The van der Waals surface area contributed by atoms with Crippen molar-refractivity contribution in [3.8, 4) is 0 Å². The predicted octanol–water partition coefficient (Wildman–Crippen LogP) is 1.39. The zero-order valence-electron chi connectivity index (χ0n) is 13.3. The van der Waals surface area contributed by atoms with Crippen molar-refractivity contribution in [1.82, 2.24) is 15.5 Å². The molecule has 5 nitrogen and oxygen atoms in total. The molecule has 0 saturated carbocycles. The molecule has 0 saturated heterocycles. The third-order valence-corrected chi connectivity index (χ3v) is 3.50. The van der Waals surface area contributed by atoms with Crippen LogP contribution in [0.3, 0.4) is 0 Å². The van der Waals surface area contributed by atoms with E-state index in [1.807, 2.05) is 12.1 Å². The lowest BCUT2D eigenvalue weighted by Crippen LogP contribution is -2.38. The summed E-state index contributed by atoms with van der Waals surface area (Å²) in [6, 6.07) is 7.62. The number of carbonyl (C=O) groups excluding carboxylic acids is 2. The smallest absolute Gasteiger partial charge is 0.251 e. The monoisotopic (exact) mass is 291 g/mol. The molecule has 0 bridgehead atoms. The normalized spacial score (nSPS) is 11.8. The van der Waals surface area contributed by atoms with Gasteiger partial charge in [0.05, 0.1) is 6.54 Å². The van der Waals surface area contributed by atoms with E-state index in [2.05, 4.69) is 24.5 Å². The molecule has 0 aliphatic rings. The molecule has 2 N–H and O–H groups in total. The maximum absolute atomic E-state index is 12.0. The second-order valence-corrected chi connectivity index (χ2v) is 5.22. The maximum Gasteiger partial charge on any atom is 0.251 e. The summed E-state index contributed by atoms with van der Waals surface area (Å²) >= 11 is 0. The quantitative estimate of drug-likeness (QED) is 0.798. The molecule has 1 aromatic rings. The molecule has 0 spiro atoms. The molecule has 1 unspecified atom stereocenters. The van der Waals surface area contributed by atoms with Crippen molar-refractivity contribution in [2.75, 3.05) is 20.6 Å². The minimum atomic E-state index is -0.108. The van der Waals surface area contributed by atoms with E-state index in [0.29, 0.717) is 24.7 Å². The lowest BCUT2D eigenvalue weighted by Gasteiger charge is -2.19. The first-order valence-electron chi connectivity index (χ1n) is 7.26. The zero-order valence-corrected chi connectivity index (χ0v) is 13.3. The van der Waals surface area contributed by atoms with Gasteiger partial charge in [0.25, 0.3) is 5.91 Å². The molecule has 0 aromatic heterocycles. The van der Waals surface area contributed by atoms with Crippen LogP contribution in [0.2, 0.25) is 0 Å². The van der Waals surface area contributed by atoms with E-state index in [1.54, 1.807) is 31.1 Å². The third-order valence-electron chi connectivity index (χ3n) is 3.50. The highest BCUT2D eigenvalue weighted by Gasteiger charge is 2.10. The number of nitrogens with zero attached hydrogens (tertiary/aromatic N) is 1. The largest absolute Gasteiger partial charge is 0.355 e. The average Bonchev–Trinajstić information content (AvgIpc) is 2.51. The van der Waals surface area contributed by atoms with Gasteiger partial charge in [-0.1, -0.05) is 19.1 Å². The number of amides is 2. The minimum Gasteiger partial charge on any atom is -0.355 e. The summed E-state index contributed by atoms with van der Waals surface area (Å²) in [5.74, 6) is -0.0468. The first-order valence-corrected chi connectivity index (χ1v) is 7.26. The fraction of sp³-hybridized carbons (Fsp3) is 0.500. The number of carbonyl (C=O) groups is 2. The second-order valence-electron chi connectivity index (χ2n) is 5.22. The van der Waals surface area contributed by atoms with Gasteiger partial charge in [-0.3, -0.25) is 9.59 Å². The Kier molecular flexibility index (Phi) is 6.88. The van der Waals surface area contributed by atoms with Gasteiger partial charge in [-0.25, -0.2) is 0 Å². The zero-order chi connectivity index (χ0) is 15.8. The Labute approximate surface area is 126 Å². The van der Waals surface area contributed by atoms with Crippen LogP contribution in [0.5, 0.6) is 0 Å². The molecule has 2 amide bonds. The summed E-state index contributed by atoms with van der Waals surface area (Å²) in [7, 11) is 3.39. The Hall–Kier alpha value is -1.88. The van der Waals surface area contributed by atoms with Gasteiger partial charge in [0.15, 0.2) is 0 Å². The SMILES string of the molecule is CCC(C)NCC(=O)N(C)Cc1ccc(C(=O)NC)cc1. The van der Waals surface area contributed by atoms with E-state index in [1.165, 1.54) is 0 Å². The van der Waals surface area contributed by atoms with Crippen molar-refractivity contribution < 1.29 is 9.59 Å². The molecule has 116 valence electrons. The topological polar surface area (TPSA) is 61.4 Å². The maximum atomic E-state index is 12.0. The molecule has 0 aliphatic heterocycles. The van der Waals surface area contributed by atoms with E-state index >= 15 is 0 Å². The molecule has 0 aliphatic carbocycles. The van der Waals surface area contributed by atoms with Crippen LogP contribution in [0.15, 0.2) is 24.3 Å². The highest BCUT2D eigenvalue weighted by atomic mass is 16.2. The summed E-state index contributed by atoms with van der Waals surface area (Å²) in [6.45, 7) is 5.03. The van der Waals surface area contributed by atoms with Crippen LogP contribution in [0.4, 0.5) is 0 Å². The fourth-order valence-corrected chi connectivity index (χ4v) is 1.81. The summed E-state index contributed by atoms with van der Waals surface area (Å²) in [5, 5.41) is 5.77. The number of hydrogen-bond donors (Lipinski definition) is 2. The summed E-state index contributed by atoms with van der Waals surface area (Å²) in [5.41, 5.74) is 1.62. The Morgan fingerprint density at radius 2 is 1.86 bits per heavy atom. The van der Waals surface area contributed by atoms with E-state index in [0.717, 1.165) is 12.0 Å². The Morgan fingerprint density at radius 1 is 1.24 bits per heavy atom. The van der Waals surface area contributed by atoms with E-state index < -0.39 is 0 Å². The molecule has 0 radical (unpaired) electrons. The van der Waals surface area contributed by atoms with Crippen LogP contribution in [-0.4, -0.2) is 43.4 Å². The van der Waals surface area contributed by atoms with Gasteiger partial charge in [-0.05, 0) is 31.0 Å². The van der Waals surface area contributed by atoms with Crippen LogP contribution in [0.25, 0.3) is 0 Å². The molecule has 21 heavy (non-hydrogen) atoms. The first kappa shape index (κ1) is 17.2. The molecule has 5 heteroatoms. The fourth-order valence-electron chi connectivity index (χ4n) is 1.81. The van der Waals surface area contributed by atoms with Crippen molar-refractivity contribution >= 4 is 11.8 Å². The van der Waals surface area contributed by atoms with Crippen LogP contribution in [0, 0.1) is 0 Å². The second kappa shape index (κ2) is 8.42. The standard InChI is InChI=1S/C16H25N3O2/c1-5-12(2)18-10-15(20)19(4)11-13-6-8-14(9-7-13)16(21)17-3/h6-9,12,18H,5,10-11H2,1-4H3,(H,17,21). The van der Waals surface area contributed by atoms with E-state index in [9.17, 15) is 9.59 Å². The highest BCUT2D eigenvalue weighted by molar-refractivity contribution is 5.93. The van der Waals surface area contributed by atoms with Gasteiger partial charge in [0.1, 0.15) is 0 Å². The van der Waals surface area contributed by atoms with Crippen LogP contribution >= 0.6 is 0 Å². The van der Waals surface area contributed by atoms with Gasteiger partial charge >= 0.3 is 0 Å². The van der Waals surface area contributed by atoms with Crippen molar-refractivity contribution in [2.24, 2.45) is 0 Å². The molecule has 1 rings (SSSR count). The van der Waals surface area contributed by atoms with Crippen molar-refractivity contribution in [3.05, 3.63) is 35.4 Å². The third kappa shape index (κ3) is 5.55. The Morgan fingerprint density at radius 3 is 2.38 bits per heavy atom. The molecule has 0 heterocycles. The summed E-state index contributed by atoms with van der Waals surface area (Å²) < 4.78 is 0. The molecule has 0 fully saturated rings. The van der Waals surface area contributed by atoms with Gasteiger partial charge in [-0.15, -0.1) is 0 Å². The highest BCUT2D eigenvalue weighted by Crippen LogP contribution is 2.07. The van der Waals surface area contributed by atoms with Crippen LogP contribution in [-0.2, 0) is 11.3 Å². The van der Waals surface area contributed by atoms with Gasteiger partial charge < -0.3 is 15.5 Å². The number of likely N-dealkylation sites (N-methyl/N-ethyl adjacent to an activating group) is 1. The van der Waals surface area contributed by atoms with Crippen molar-refractivity contribution in [2.45, 2.75) is 32.9 Å². The van der Waals surface area contributed by atoms with E-state index in [-0.39, 0.29) is 11.8 Å². The molecular weight excluding hydrogens is 266 g/mol. The molecular formula is C16H25N3O2. The lowest BCUT2D eigenvalue weighted by molar-refractivity contribution is -0.129.